The number of para-hydroxylation sites is 1. The summed E-state index contributed by atoms with van der Waals surface area (Å²) in [5.74, 6) is -0.690. The monoisotopic (exact) mass is 475 g/mol. The molecule has 0 saturated carbocycles. The number of nitrogens with zero attached hydrogens (tertiary/aromatic N) is 3. The van der Waals surface area contributed by atoms with Crippen LogP contribution in [0.5, 0.6) is 0 Å². The van der Waals surface area contributed by atoms with Crippen molar-refractivity contribution in [1.29, 1.82) is 0 Å². The summed E-state index contributed by atoms with van der Waals surface area (Å²) in [7, 11) is -4.04. The summed E-state index contributed by atoms with van der Waals surface area (Å²) in [6.07, 6.45) is 1.55. The van der Waals surface area contributed by atoms with E-state index in [9.17, 15) is 13.2 Å². The van der Waals surface area contributed by atoms with Crippen molar-refractivity contribution in [2.45, 2.75) is 25.3 Å². The van der Waals surface area contributed by atoms with E-state index in [0.29, 0.717) is 5.69 Å². The second kappa shape index (κ2) is 9.93. The Bertz CT molecular complexity index is 1370. The molecule has 1 heterocycles. The number of ether oxygens (including phenoxy) is 1. The number of aryl methyl sites for hydroxylation is 1. The minimum atomic E-state index is -4.04. The summed E-state index contributed by atoms with van der Waals surface area (Å²) in [5, 5.41) is 4.42. The molecule has 0 aliphatic carbocycles. The van der Waals surface area contributed by atoms with Crippen LogP contribution >= 0.6 is 0 Å². The summed E-state index contributed by atoms with van der Waals surface area (Å²) in [6.45, 7) is 3.74. The second-order valence-corrected chi connectivity index (χ2v) is 9.54. The lowest BCUT2D eigenvalue weighted by Crippen LogP contribution is -2.31. The molecule has 4 rings (SSSR count). The first-order chi connectivity index (χ1) is 16.4. The van der Waals surface area contributed by atoms with Crippen LogP contribution in [0.25, 0.3) is 5.69 Å². The minimum Gasteiger partial charge on any atom is -0.461 e. The van der Waals surface area contributed by atoms with Crippen molar-refractivity contribution in [2.75, 3.05) is 10.9 Å². The van der Waals surface area contributed by atoms with Crippen LogP contribution in [0, 0.1) is 6.92 Å². The third kappa shape index (κ3) is 4.87. The number of carbonyl (C=O) groups is 1. The molecule has 174 valence electrons. The van der Waals surface area contributed by atoms with Gasteiger partial charge in [-0.05, 0) is 43.7 Å². The van der Waals surface area contributed by atoms with Gasteiger partial charge < -0.3 is 4.74 Å². The maximum Gasteiger partial charge on any atom is 0.361 e. The average Bonchev–Trinajstić information content (AvgIpc) is 3.29. The second-order valence-electron chi connectivity index (χ2n) is 7.67. The molecule has 7 nitrogen and oxygen atoms in total. The third-order valence-electron chi connectivity index (χ3n) is 5.23. The molecule has 3 aromatic carbocycles. The molecule has 0 N–H and O–H groups in total. The summed E-state index contributed by atoms with van der Waals surface area (Å²) in [5.41, 5.74) is 2.47. The molecule has 0 bridgehead atoms. The normalized spacial score (nSPS) is 11.2. The van der Waals surface area contributed by atoms with Gasteiger partial charge in [0.25, 0.3) is 10.0 Å². The number of rotatable bonds is 8. The Kier molecular flexibility index (Phi) is 6.79. The average molecular weight is 476 g/mol. The lowest BCUT2D eigenvalue weighted by atomic mass is 10.2. The van der Waals surface area contributed by atoms with Crippen LogP contribution < -0.4 is 4.31 Å². The van der Waals surface area contributed by atoms with E-state index in [4.69, 9.17) is 4.74 Å². The Hall–Kier alpha value is -3.91. The maximum atomic E-state index is 13.9. The van der Waals surface area contributed by atoms with Gasteiger partial charge in [0.2, 0.25) is 0 Å². The molecule has 0 unspecified atom stereocenters. The van der Waals surface area contributed by atoms with Crippen molar-refractivity contribution >= 4 is 21.7 Å². The minimum absolute atomic E-state index is 0.0178. The lowest BCUT2D eigenvalue weighted by molar-refractivity contribution is 0.0520. The van der Waals surface area contributed by atoms with E-state index in [1.807, 2.05) is 67.6 Å². The van der Waals surface area contributed by atoms with Crippen molar-refractivity contribution in [2.24, 2.45) is 0 Å². The standard InChI is InChI=1S/C26H25N3O4S/c1-3-33-26(30)25-24(19-28(27-25)22-12-8-5-9-13-22)29(18-21-10-6-4-7-11-21)34(31,32)23-16-14-20(2)15-17-23/h4-17,19H,3,18H2,1-2H3. The maximum absolute atomic E-state index is 13.9. The molecule has 0 spiro atoms. The SMILES string of the molecule is CCOC(=O)c1nn(-c2ccccc2)cc1N(Cc1ccccc1)S(=O)(=O)c1ccc(C)cc1. The van der Waals surface area contributed by atoms with Gasteiger partial charge in [0.1, 0.15) is 5.69 Å². The molecule has 0 atom stereocenters. The molecule has 0 aliphatic rings. The van der Waals surface area contributed by atoms with Crippen LogP contribution in [0.3, 0.4) is 0 Å². The van der Waals surface area contributed by atoms with Gasteiger partial charge in [-0.3, -0.25) is 4.31 Å². The number of carbonyl (C=O) groups excluding carboxylic acids is 1. The highest BCUT2D eigenvalue weighted by atomic mass is 32.2. The van der Waals surface area contributed by atoms with E-state index >= 15 is 0 Å². The van der Waals surface area contributed by atoms with Gasteiger partial charge >= 0.3 is 5.97 Å². The zero-order chi connectivity index (χ0) is 24.1. The van der Waals surface area contributed by atoms with Crippen LogP contribution in [0.2, 0.25) is 0 Å². The molecule has 0 radical (unpaired) electrons. The summed E-state index contributed by atoms with van der Waals surface area (Å²) < 4.78 is 35.6. The van der Waals surface area contributed by atoms with Crippen LogP contribution in [0.15, 0.2) is 96.0 Å². The van der Waals surface area contributed by atoms with Crippen LogP contribution in [0.1, 0.15) is 28.5 Å². The van der Waals surface area contributed by atoms with Crippen LogP contribution in [-0.4, -0.2) is 30.8 Å². The van der Waals surface area contributed by atoms with Gasteiger partial charge in [0.15, 0.2) is 5.69 Å². The van der Waals surface area contributed by atoms with Crippen molar-refractivity contribution < 1.29 is 17.9 Å². The highest BCUT2D eigenvalue weighted by molar-refractivity contribution is 7.92. The molecular weight excluding hydrogens is 450 g/mol. The Labute approximate surface area is 199 Å². The van der Waals surface area contributed by atoms with E-state index in [-0.39, 0.29) is 29.4 Å². The molecule has 0 fully saturated rings. The van der Waals surface area contributed by atoms with Gasteiger partial charge in [0, 0.05) is 0 Å². The fraction of sp³-hybridized carbons (Fsp3) is 0.154. The first-order valence-electron chi connectivity index (χ1n) is 10.9. The van der Waals surface area contributed by atoms with E-state index in [1.165, 1.54) is 8.99 Å². The van der Waals surface area contributed by atoms with Crippen molar-refractivity contribution in [3.8, 4) is 5.69 Å². The van der Waals surface area contributed by atoms with E-state index < -0.39 is 16.0 Å². The molecule has 4 aromatic rings. The number of esters is 1. The van der Waals surface area contributed by atoms with Crippen LogP contribution in [-0.2, 0) is 21.3 Å². The highest BCUT2D eigenvalue weighted by Crippen LogP contribution is 2.30. The van der Waals surface area contributed by atoms with E-state index in [0.717, 1.165) is 11.1 Å². The number of hydrogen-bond acceptors (Lipinski definition) is 5. The Balaban J connectivity index is 1.90. The third-order valence-corrected chi connectivity index (χ3v) is 7.01. The fourth-order valence-electron chi connectivity index (χ4n) is 3.49. The zero-order valence-corrected chi connectivity index (χ0v) is 19.8. The van der Waals surface area contributed by atoms with Gasteiger partial charge in [0.05, 0.1) is 29.9 Å². The van der Waals surface area contributed by atoms with Crippen molar-refractivity contribution in [1.82, 2.24) is 9.78 Å². The Morgan fingerprint density at radius 2 is 1.56 bits per heavy atom. The number of benzene rings is 3. The largest absolute Gasteiger partial charge is 0.461 e. The van der Waals surface area contributed by atoms with Crippen molar-refractivity contribution in [3.63, 3.8) is 0 Å². The van der Waals surface area contributed by atoms with E-state index in [2.05, 4.69) is 5.10 Å². The fourth-order valence-corrected chi connectivity index (χ4v) is 4.94. The number of anilines is 1. The summed E-state index contributed by atoms with van der Waals surface area (Å²) in [6, 6.07) is 25.0. The Morgan fingerprint density at radius 3 is 2.18 bits per heavy atom. The lowest BCUT2D eigenvalue weighted by Gasteiger charge is -2.24. The predicted molar refractivity (Wildman–Crippen MR) is 131 cm³/mol. The van der Waals surface area contributed by atoms with Gasteiger partial charge in [-0.1, -0.05) is 66.2 Å². The van der Waals surface area contributed by atoms with Crippen LogP contribution in [0.4, 0.5) is 5.69 Å². The van der Waals surface area contributed by atoms with Gasteiger partial charge in [-0.2, -0.15) is 5.10 Å². The molecule has 0 aliphatic heterocycles. The summed E-state index contributed by atoms with van der Waals surface area (Å²) in [4.78, 5) is 13.0. The predicted octanol–water partition coefficient (Wildman–Crippen LogP) is 4.75. The molecule has 34 heavy (non-hydrogen) atoms. The smallest absolute Gasteiger partial charge is 0.361 e. The van der Waals surface area contributed by atoms with E-state index in [1.54, 1.807) is 37.4 Å². The first kappa shape index (κ1) is 23.3. The number of hydrogen-bond donors (Lipinski definition) is 0. The molecular formula is C26H25N3O4S. The quantitative estimate of drug-likeness (QED) is 0.344. The number of aromatic nitrogens is 2. The first-order valence-corrected chi connectivity index (χ1v) is 12.3. The Morgan fingerprint density at radius 1 is 0.941 bits per heavy atom. The molecule has 8 heteroatoms. The molecule has 1 aromatic heterocycles. The number of sulfonamides is 1. The van der Waals surface area contributed by atoms with Gasteiger partial charge in [-0.25, -0.2) is 17.9 Å². The van der Waals surface area contributed by atoms with Gasteiger partial charge in [-0.15, -0.1) is 0 Å². The molecule has 0 amide bonds. The molecule has 0 saturated heterocycles. The van der Waals surface area contributed by atoms with Crippen molar-refractivity contribution in [3.05, 3.63) is 108 Å². The topological polar surface area (TPSA) is 81.5 Å². The summed E-state index contributed by atoms with van der Waals surface area (Å²) >= 11 is 0. The zero-order valence-electron chi connectivity index (χ0n) is 19.0. The highest BCUT2D eigenvalue weighted by Gasteiger charge is 2.32.